The number of nitrogens with two attached hydrogens (primary N) is 1. The van der Waals surface area contributed by atoms with Crippen LogP contribution in [0.5, 0.6) is 0 Å². The summed E-state index contributed by atoms with van der Waals surface area (Å²) in [5, 5.41) is 9.54. The van der Waals surface area contributed by atoms with Gasteiger partial charge < -0.3 is 10.8 Å². The Bertz CT molecular complexity index is 316. The van der Waals surface area contributed by atoms with E-state index in [0.29, 0.717) is 0 Å². The lowest BCUT2D eigenvalue weighted by Crippen LogP contribution is -2.27. The number of nitrogen functional groups attached to an aromatic ring is 1. The van der Waals surface area contributed by atoms with E-state index < -0.39 is 0 Å². The number of rotatable bonds is 2. The van der Waals surface area contributed by atoms with Gasteiger partial charge in [0, 0.05) is 11.1 Å². The highest BCUT2D eigenvalue weighted by Gasteiger charge is 2.36. The average molecular weight is 191 g/mol. The largest absolute Gasteiger partial charge is 0.398 e. The summed E-state index contributed by atoms with van der Waals surface area (Å²) in [5.74, 6) is 0. The summed E-state index contributed by atoms with van der Waals surface area (Å²) in [6, 6.07) is 7.92. The van der Waals surface area contributed by atoms with Crippen molar-refractivity contribution >= 4 is 5.69 Å². The van der Waals surface area contributed by atoms with Crippen molar-refractivity contribution in [3.05, 3.63) is 29.8 Å². The zero-order chi connectivity index (χ0) is 10.0. The molecule has 0 aliphatic heterocycles. The molecule has 0 heterocycles. The van der Waals surface area contributed by atoms with Crippen molar-refractivity contribution in [1.29, 1.82) is 0 Å². The molecule has 1 saturated carbocycles. The molecule has 0 bridgehead atoms. The second-order valence-corrected chi connectivity index (χ2v) is 4.23. The second kappa shape index (κ2) is 3.62. The van der Waals surface area contributed by atoms with E-state index in [0.717, 1.165) is 24.1 Å². The Morgan fingerprint density at radius 1 is 1.21 bits per heavy atom. The fraction of sp³-hybridized carbons (Fsp3) is 0.500. The zero-order valence-electron chi connectivity index (χ0n) is 8.37. The van der Waals surface area contributed by atoms with Gasteiger partial charge in [-0.15, -0.1) is 0 Å². The number of aliphatic hydroxyl groups is 1. The minimum atomic E-state index is -0.0503. The zero-order valence-corrected chi connectivity index (χ0v) is 8.37. The summed E-state index contributed by atoms with van der Waals surface area (Å²) < 4.78 is 0. The van der Waals surface area contributed by atoms with Crippen LogP contribution in [0.1, 0.15) is 31.2 Å². The first-order valence-electron chi connectivity index (χ1n) is 5.24. The van der Waals surface area contributed by atoms with Gasteiger partial charge in [-0.05, 0) is 24.5 Å². The van der Waals surface area contributed by atoms with Gasteiger partial charge in [-0.1, -0.05) is 31.0 Å². The summed E-state index contributed by atoms with van der Waals surface area (Å²) >= 11 is 0. The van der Waals surface area contributed by atoms with Crippen molar-refractivity contribution in [2.24, 2.45) is 0 Å². The molecule has 3 N–H and O–H groups in total. The van der Waals surface area contributed by atoms with Crippen LogP contribution in [0.2, 0.25) is 0 Å². The molecule has 0 unspecified atom stereocenters. The minimum Gasteiger partial charge on any atom is -0.398 e. The Hall–Kier alpha value is -1.02. The molecule has 2 nitrogen and oxygen atoms in total. The fourth-order valence-electron chi connectivity index (χ4n) is 2.54. The maximum Gasteiger partial charge on any atom is 0.0528 e. The molecule has 1 fully saturated rings. The Balaban J connectivity index is 2.41. The smallest absolute Gasteiger partial charge is 0.0528 e. The number of anilines is 1. The summed E-state index contributed by atoms with van der Waals surface area (Å²) in [6.45, 7) is 0.223. The van der Waals surface area contributed by atoms with Gasteiger partial charge >= 0.3 is 0 Å². The molecule has 0 atom stereocenters. The highest BCUT2D eigenvalue weighted by Crippen LogP contribution is 2.42. The first-order valence-corrected chi connectivity index (χ1v) is 5.24. The third-order valence-corrected chi connectivity index (χ3v) is 3.40. The third-order valence-electron chi connectivity index (χ3n) is 3.40. The van der Waals surface area contributed by atoms with Crippen LogP contribution in [0.15, 0.2) is 24.3 Å². The molecule has 0 radical (unpaired) electrons. The molecule has 1 aromatic carbocycles. The van der Waals surface area contributed by atoms with Crippen molar-refractivity contribution in [1.82, 2.24) is 0 Å². The second-order valence-electron chi connectivity index (χ2n) is 4.23. The predicted octanol–water partition coefficient (Wildman–Crippen LogP) is 2.07. The SMILES string of the molecule is Nc1ccccc1C1(CO)CCCC1. The standard InChI is InChI=1S/C12H17NO/c13-11-6-2-1-5-10(11)12(9-14)7-3-4-8-12/h1-2,5-6,14H,3-4,7-9,13H2. The van der Waals surface area contributed by atoms with Crippen LogP contribution in [0.4, 0.5) is 5.69 Å². The van der Waals surface area contributed by atoms with Crippen molar-refractivity contribution in [2.75, 3.05) is 12.3 Å². The summed E-state index contributed by atoms with van der Waals surface area (Å²) in [6.07, 6.45) is 4.54. The van der Waals surface area contributed by atoms with Gasteiger partial charge in [-0.3, -0.25) is 0 Å². The predicted molar refractivity (Wildman–Crippen MR) is 58.1 cm³/mol. The average Bonchev–Trinajstić information content (AvgIpc) is 2.68. The van der Waals surface area contributed by atoms with Crippen LogP contribution in [0.25, 0.3) is 0 Å². The molecule has 0 aromatic heterocycles. The van der Waals surface area contributed by atoms with Crippen LogP contribution in [-0.4, -0.2) is 11.7 Å². The molecule has 2 rings (SSSR count). The molecular formula is C12H17NO. The molecule has 1 aliphatic rings. The van der Waals surface area contributed by atoms with E-state index in [4.69, 9.17) is 5.73 Å². The van der Waals surface area contributed by atoms with Crippen LogP contribution in [-0.2, 0) is 5.41 Å². The van der Waals surface area contributed by atoms with Crippen molar-refractivity contribution < 1.29 is 5.11 Å². The van der Waals surface area contributed by atoms with Gasteiger partial charge in [-0.2, -0.15) is 0 Å². The van der Waals surface area contributed by atoms with Crippen molar-refractivity contribution in [2.45, 2.75) is 31.1 Å². The Labute approximate surface area is 84.7 Å². The highest BCUT2D eigenvalue weighted by atomic mass is 16.3. The van der Waals surface area contributed by atoms with Crippen LogP contribution < -0.4 is 5.73 Å². The maximum atomic E-state index is 9.54. The quantitative estimate of drug-likeness (QED) is 0.703. The van der Waals surface area contributed by atoms with Gasteiger partial charge in [0.05, 0.1) is 6.61 Å². The Morgan fingerprint density at radius 3 is 2.43 bits per heavy atom. The van der Waals surface area contributed by atoms with Gasteiger partial charge in [0.1, 0.15) is 0 Å². The number of para-hydroxylation sites is 1. The van der Waals surface area contributed by atoms with Gasteiger partial charge in [0.15, 0.2) is 0 Å². The van der Waals surface area contributed by atoms with E-state index in [2.05, 4.69) is 6.07 Å². The van der Waals surface area contributed by atoms with Gasteiger partial charge in [0.25, 0.3) is 0 Å². The van der Waals surface area contributed by atoms with E-state index in [1.165, 1.54) is 12.8 Å². The van der Waals surface area contributed by atoms with E-state index in [9.17, 15) is 5.11 Å². The normalized spacial score (nSPS) is 19.8. The summed E-state index contributed by atoms with van der Waals surface area (Å²) in [4.78, 5) is 0. The van der Waals surface area contributed by atoms with E-state index in [1.807, 2.05) is 18.2 Å². The van der Waals surface area contributed by atoms with Crippen LogP contribution >= 0.6 is 0 Å². The molecule has 0 amide bonds. The molecule has 2 heteroatoms. The van der Waals surface area contributed by atoms with E-state index >= 15 is 0 Å². The summed E-state index contributed by atoms with van der Waals surface area (Å²) in [7, 11) is 0. The minimum absolute atomic E-state index is 0.0503. The fourth-order valence-corrected chi connectivity index (χ4v) is 2.54. The Kier molecular flexibility index (Phi) is 2.46. The number of aliphatic hydroxyl groups excluding tert-OH is 1. The molecular weight excluding hydrogens is 174 g/mol. The molecule has 1 aliphatic carbocycles. The molecule has 76 valence electrons. The number of benzene rings is 1. The molecule has 14 heavy (non-hydrogen) atoms. The van der Waals surface area contributed by atoms with Gasteiger partial charge in [-0.25, -0.2) is 0 Å². The maximum absolute atomic E-state index is 9.54. The Morgan fingerprint density at radius 2 is 1.86 bits per heavy atom. The number of hydrogen-bond donors (Lipinski definition) is 2. The highest BCUT2D eigenvalue weighted by molar-refractivity contribution is 5.51. The van der Waals surface area contributed by atoms with Crippen LogP contribution in [0, 0.1) is 0 Å². The first-order chi connectivity index (χ1) is 6.78. The molecule has 0 saturated heterocycles. The molecule has 1 aromatic rings. The summed E-state index contributed by atoms with van der Waals surface area (Å²) in [5.41, 5.74) is 7.86. The van der Waals surface area contributed by atoms with Crippen molar-refractivity contribution in [3.8, 4) is 0 Å². The topological polar surface area (TPSA) is 46.2 Å². The third kappa shape index (κ3) is 1.40. The lowest BCUT2D eigenvalue weighted by atomic mass is 9.79. The molecule has 0 spiro atoms. The lowest BCUT2D eigenvalue weighted by molar-refractivity contribution is 0.196. The van der Waals surface area contributed by atoms with E-state index in [-0.39, 0.29) is 12.0 Å². The monoisotopic (exact) mass is 191 g/mol. The van der Waals surface area contributed by atoms with E-state index in [1.54, 1.807) is 0 Å². The van der Waals surface area contributed by atoms with Crippen LogP contribution in [0.3, 0.4) is 0 Å². The number of hydrogen-bond acceptors (Lipinski definition) is 2. The first kappa shape index (κ1) is 9.53. The van der Waals surface area contributed by atoms with Gasteiger partial charge in [0.2, 0.25) is 0 Å². The van der Waals surface area contributed by atoms with Crippen molar-refractivity contribution in [3.63, 3.8) is 0 Å². The lowest BCUT2D eigenvalue weighted by Gasteiger charge is -2.28.